The number of nitrogens with zero attached hydrogens (tertiary/aromatic N) is 3. The van der Waals surface area contributed by atoms with Gasteiger partial charge < -0.3 is 19.4 Å². The fourth-order valence-electron chi connectivity index (χ4n) is 3.27. The number of aryl methyl sites for hydroxylation is 1. The number of rotatable bonds is 6. The molecule has 1 fully saturated rings. The van der Waals surface area contributed by atoms with E-state index in [0.29, 0.717) is 23.1 Å². The molecule has 1 aromatic carbocycles. The van der Waals surface area contributed by atoms with Gasteiger partial charge in [-0.3, -0.25) is 4.90 Å². The van der Waals surface area contributed by atoms with Gasteiger partial charge in [-0.05, 0) is 24.6 Å². The molecule has 136 valence electrons. The van der Waals surface area contributed by atoms with E-state index in [0.717, 1.165) is 37.6 Å². The lowest BCUT2D eigenvalue weighted by atomic mass is 10.1. The van der Waals surface area contributed by atoms with Crippen LogP contribution in [0.2, 0.25) is 5.02 Å². The molecule has 0 bridgehead atoms. The summed E-state index contributed by atoms with van der Waals surface area (Å²) in [5.41, 5.74) is 1.10. The molecular formula is C18H25ClN4O2. The predicted molar refractivity (Wildman–Crippen MR) is 98.4 cm³/mol. The number of hydrogen-bond donors (Lipinski definition) is 1. The third-order valence-electron chi connectivity index (χ3n) is 4.47. The molecule has 0 radical (unpaired) electrons. The Hall–Kier alpha value is -1.76. The Balaban J connectivity index is 1.84. The van der Waals surface area contributed by atoms with Crippen molar-refractivity contribution in [2.45, 2.75) is 19.5 Å². The quantitative estimate of drug-likeness (QED) is 0.854. The van der Waals surface area contributed by atoms with Crippen molar-refractivity contribution in [2.75, 3.05) is 33.4 Å². The van der Waals surface area contributed by atoms with Crippen LogP contribution in [0.1, 0.15) is 24.4 Å². The largest absolute Gasteiger partial charge is 0.493 e. The number of aromatic nitrogens is 2. The first-order valence-corrected chi connectivity index (χ1v) is 8.93. The van der Waals surface area contributed by atoms with Crippen molar-refractivity contribution in [3.63, 3.8) is 0 Å². The van der Waals surface area contributed by atoms with Crippen molar-refractivity contribution in [3.05, 3.63) is 40.9 Å². The van der Waals surface area contributed by atoms with E-state index in [1.54, 1.807) is 7.11 Å². The molecule has 1 unspecified atom stereocenters. The van der Waals surface area contributed by atoms with Crippen molar-refractivity contribution >= 4 is 11.6 Å². The summed E-state index contributed by atoms with van der Waals surface area (Å²) in [6.07, 6.45) is 3.83. The molecule has 6 nitrogen and oxygen atoms in total. The molecule has 0 spiro atoms. The van der Waals surface area contributed by atoms with Gasteiger partial charge in [-0.1, -0.05) is 11.6 Å². The first kappa shape index (κ1) is 18.0. The maximum absolute atomic E-state index is 6.42. The van der Waals surface area contributed by atoms with E-state index >= 15 is 0 Å². The lowest BCUT2D eigenvalue weighted by Crippen LogP contribution is -2.46. The summed E-state index contributed by atoms with van der Waals surface area (Å²) >= 11 is 6.42. The van der Waals surface area contributed by atoms with E-state index < -0.39 is 0 Å². The van der Waals surface area contributed by atoms with Crippen LogP contribution in [-0.4, -0.2) is 47.8 Å². The molecule has 0 aliphatic carbocycles. The summed E-state index contributed by atoms with van der Waals surface area (Å²) in [6, 6.07) is 4.20. The van der Waals surface area contributed by atoms with Crippen LogP contribution in [0.5, 0.6) is 11.5 Å². The van der Waals surface area contributed by atoms with Crippen LogP contribution in [0.4, 0.5) is 0 Å². The summed E-state index contributed by atoms with van der Waals surface area (Å²) < 4.78 is 13.2. The molecule has 2 aromatic rings. The highest BCUT2D eigenvalue weighted by Crippen LogP contribution is 2.37. The number of halogens is 1. The van der Waals surface area contributed by atoms with Gasteiger partial charge in [0.1, 0.15) is 5.82 Å². The maximum atomic E-state index is 6.42. The van der Waals surface area contributed by atoms with Crippen LogP contribution in [0, 0.1) is 0 Å². The van der Waals surface area contributed by atoms with Gasteiger partial charge in [-0.25, -0.2) is 4.98 Å². The lowest BCUT2D eigenvalue weighted by Gasteiger charge is -2.35. The molecule has 1 aliphatic rings. The maximum Gasteiger partial charge on any atom is 0.179 e. The van der Waals surface area contributed by atoms with Crippen LogP contribution in [0.25, 0.3) is 0 Å². The second kappa shape index (κ2) is 8.08. The number of methoxy groups -OCH3 is 1. The van der Waals surface area contributed by atoms with Gasteiger partial charge in [0.05, 0.1) is 24.8 Å². The fourth-order valence-corrected chi connectivity index (χ4v) is 3.56. The van der Waals surface area contributed by atoms with E-state index in [9.17, 15) is 0 Å². The molecule has 0 saturated carbocycles. The number of benzene rings is 1. The number of piperazine rings is 1. The Morgan fingerprint density at radius 2 is 2.24 bits per heavy atom. The van der Waals surface area contributed by atoms with E-state index in [4.69, 9.17) is 21.1 Å². The van der Waals surface area contributed by atoms with E-state index in [2.05, 4.69) is 19.8 Å². The average Bonchev–Trinajstić information content (AvgIpc) is 3.03. The van der Waals surface area contributed by atoms with E-state index in [1.165, 1.54) is 0 Å². The molecule has 1 N–H and O–H groups in total. The van der Waals surface area contributed by atoms with Gasteiger partial charge in [0.2, 0.25) is 0 Å². The summed E-state index contributed by atoms with van der Waals surface area (Å²) in [7, 11) is 3.67. The highest BCUT2D eigenvalue weighted by atomic mass is 35.5. The van der Waals surface area contributed by atoms with Crippen molar-refractivity contribution in [1.82, 2.24) is 19.8 Å². The zero-order chi connectivity index (χ0) is 17.8. The Morgan fingerprint density at radius 1 is 1.40 bits per heavy atom. The summed E-state index contributed by atoms with van der Waals surface area (Å²) in [5, 5.41) is 4.04. The summed E-state index contributed by atoms with van der Waals surface area (Å²) in [4.78, 5) is 6.95. The second-order valence-corrected chi connectivity index (χ2v) is 6.54. The van der Waals surface area contributed by atoms with Crippen molar-refractivity contribution in [1.29, 1.82) is 0 Å². The van der Waals surface area contributed by atoms with E-state index in [-0.39, 0.29) is 6.04 Å². The molecule has 2 heterocycles. The van der Waals surface area contributed by atoms with Gasteiger partial charge >= 0.3 is 0 Å². The van der Waals surface area contributed by atoms with Crippen LogP contribution in [-0.2, 0) is 13.6 Å². The minimum absolute atomic E-state index is 0.227. The summed E-state index contributed by atoms with van der Waals surface area (Å²) in [6.45, 7) is 6.05. The molecule has 1 aliphatic heterocycles. The van der Waals surface area contributed by atoms with Gasteiger partial charge in [0.25, 0.3) is 0 Å². The SMILES string of the molecule is CCOc1c(Cl)cc(CN2CCNCC2c2nccn2C)cc1OC. The molecule has 7 heteroatoms. The number of ether oxygens (including phenoxy) is 2. The smallest absolute Gasteiger partial charge is 0.179 e. The van der Waals surface area contributed by atoms with E-state index in [1.807, 2.05) is 38.5 Å². The lowest BCUT2D eigenvalue weighted by molar-refractivity contribution is 0.144. The van der Waals surface area contributed by atoms with Crippen LogP contribution in [0.3, 0.4) is 0 Å². The molecule has 1 atom stereocenters. The van der Waals surface area contributed by atoms with Crippen molar-refractivity contribution in [2.24, 2.45) is 7.05 Å². The normalized spacial score (nSPS) is 18.3. The topological polar surface area (TPSA) is 51.5 Å². The minimum atomic E-state index is 0.227. The molecule has 1 saturated heterocycles. The zero-order valence-electron chi connectivity index (χ0n) is 15.0. The van der Waals surface area contributed by atoms with Crippen LogP contribution in [0.15, 0.2) is 24.5 Å². The number of hydrogen-bond acceptors (Lipinski definition) is 5. The molecule has 1 aromatic heterocycles. The number of nitrogens with one attached hydrogen (secondary N) is 1. The summed E-state index contributed by atoms with van der Waals surface area (Å²) in [5.74, 6) is 2.35. The first-order valence-electron chi connectivity index (χ1n) is 8.55. The third kappa shape index (κ3) is 3.92. The Morgan fingerprint density at radius 3 is 2.92 bits per heavy atom. The highest BCUT2D eigenvalue weighted by Gasteiger charge is 2.27. The monoisotopic (exact) mass is 364 g/mol. The Labute approximate surface area is 153 Å². The molecule has 0 amide bonds. The van der Waals surface area contributed by atoms with Gasteiger partial charge in [0, 0.05) is 45.6 Å². The first-order chi connectivity index (χ1) is 12.1. The standard InChI is InChI=1S/C18H25ClN4O2/c1-4-25-17-14(19)9-13(10-16(17)24-3)12-23-8-5-20-11-15(23)18-21-6-7-22(18)2/h6-7,9-10,15,20H,4-5,8,11-12H2,1-3H3. The predicted octanol–water partition coefficient (Wildman–Crippen LogP) is 2.63. The Bertz CT molecular complexity index is 719. The second-order valence-electron chi connectivity index (χ2n) is 6.13. The highest BCUT2D eigenvalue weighted by molar-refractivity contribution is 6.32. The fraction of sp³-hybridized carbons (Fsp3) is 0.500. The molecule has 25 heavy (non-hydrogen) atoms. The van der Waals surface area contributed by atoms with Crippen LogP contribution < -0.4 is 14.8 Å². The Kier molecular flexibility index (Phi) is 5.83. The van der Waals surface area contributed by atoms with Gasteiger partial charge in [0.15, 0.2) is 11.5 Å². The number of imidazole rings is 1. The van der Waals surface area contributed by atoms with Crippen molar-refractivity contribution in [3.8, 4) is 11.5 Å². The minimum Gasteiger partial charge on any atom is -0.493 e. The van der Waals surface area contributed by atoms with Gasteiger partial charge in [-0.2, -0.15) is 0 Å². The van der Waals surface area contributed by atoms with Crippen molar-refractivity contribution < 1.29 is 9.47 Å². The molecule has 3 rings (SSSR count). The van der Waals surface area contributed by atoms with Gasteiger partial charge in [-0.15, -0.1) is 0 Å². The third-order valence-corrected chi connectivity index (χ3v) is 4.76. The average molecular weight is 365 g/mol. The zero-order valence-corrected chi connectivity index (χ0v) is 15.7. The molecular weight excluding hydrogens is 340 g/mol. The van der Waals surface area contributed by atoms with Crippen LogP contribution >= 0.6 is 11.6 Å².